The first-order valence-corrected chi connectivity index (χ1v) is 3.81. The molecule has 1 nitrogen and oxygen atoms in total. The van der Waals surface area contributed by atoms with Gasteiger partial charge in [-0.1, -0.05) is 13.8 Å². The maximum atomic E-state index is 2.24. The summed E-state index contributed by atoms with van der Waals surface area (Å²) in [5.74, 6) is 0.742. The molecule has 0 aliphatic heterocycles. The number of hydrogen-bond acceptors (Lipinski definition) is 0. The maximum absolute atomic E-state index is 2.24. The van der Waals surface area contributed by atoms with Crippen LogP contribution in [0.3, 0.4) is 0 Å². The summed E-state index contributed by atoms with van der Waals surface area (Å²) in [6.45, 7) is 7.72. The topological polar surface area (TPSA) is 4.93 Å². The minimum atomic E-state index is 0.742. The molecule has 1 aromatic rings. The normalized spacial score (nSPS) is 10.8. The van der Waals surface area contributed by atoms with E-state index in [0.717, 1.165) is 12.5 Å². The largest absolute Gasteiger partial charge is 0.354 e. The van der Waals surface area contributed by atoms with Crippen LogP contribution in [0.25, 0.3) is 0 Å². The van der Waals surface area contributed by atoms with Crippen molar-refractivity contribution in [3.63, 3.8) is 0 Å². The van der Waals surface area contributed by atoms with Gasteiger partial charge in [0.05, 0.1) is 0 Å². The second-order valence-corrected chi connectivity index (χ2v) is 3.28. The van der Waals surface area contributed by atoms with Crippen molar-refractivity contribution < 1.29 is 0 Å². The first kappa shape index (κ1) is 7.39. The molecule has 1 aromatic heterocycles. The standard InChI is InChI=1S/C9H15N/c1-8(2)6-10-5-4-9(3)7-10/h4-5,7-8H,6H2,1-3H3. The lowest BCUT2D eigenvalue weighted by Gasteiger charge is -2.04. The first-order chi connectivity index (χ1) is 4.68. The predicted octanol–water partition coefficient (Wildman–Crippen LogP) is 2.45. The molecule has 10 heavy (non-hydrogen) atoms. The van der Waals surface area contributed by atoms with Crippen molar-refractivity contribution in [3.8, 4) is 0 Å². The summed E-state index contributed by atoms with van der Waals surface area (Å²) < 4.78 is 2.24. The Morgan fingerprint density at radius 1 is 1.50 bits per heavy atom. The molecule has 0 spiro atoms. The summed E-state index contributed by atoms with van der Waals surface area (Å²) in [5, 5.41) is 0. The maximum Gasteiger partial charge on any atom is 0.0242 e. The van der Waals surface area contributed by atoms with E-state index < -0.39 is 0 Å². The van der Waals surface area contributed by atoms with Gasteiger partial charge in [0, 0.05) is 18.9 Å². The third kappa shape index (κ3) is 1.90. The van der Waals surface area contributed by atoms with Crippen LogP contribution >= 0.6 is 0 Å². The fourth-order valence-corrected chi connectivity index (χ4v) is 1.10. The molecule has 0 unspecified atom stereocenters. The van der Waals surface area contributed by atoms with Gasteiger partial charge in [-0.05, 0) is 24.5 Å². The summed E-state index contributed by atoms with van der Waals surface area (Å²) in [7, 11) is 0. The van der Waals surface area contributed by atoms with Gasteiger partial charge in [0.25, 0.3) is 0 Å². The molecule has 0 saturated carbocycles. The van der Waals surface area contributed by atoms with Crippen LogP contribution in [0.5, 0.6) is 0 Å². The molecule has 0 aromatic carbocycles. The molecule has 0 N–H and O–H groups in total. The number of aromatic nitrogens is 1. The van der Waals surface area contributed by atoms with Crippen molar-refractivity contribution >= 4 is 0 Å². The molecule has 0 aliphatic rings. The number of nitrogens with zero attached hydrogens (tertiary/aromatic N) is 1. The first-order valence-electron chi connectivity index (χ1n) is 3.81. The molecular formula is C9H15N. The van der Waals surface area contributed by atoms with Crippen LogP contribution in [-0.4, -0.2) is 4.57 Å². The van der Waals surface area contributed by atoms with Gasteiger partial charge >= 0.3 is 0 Å². The van der Waals surface area contributed by atoms with Crippen molar-refractivity contribution in [3.05, 3.63) is 24.0 Å². The molecule has 0 radical (unpaired) electrons. The van der Waals surface area contributed by atoms with Crippen LogP contribution in [0.15, 0.2) is 18.5 Å². The van der Waals surface area contributed by atoms with Crippen molar-refractivity contribution in [2.24, 2.45) is 5.92 Å². The summed E-state index contributed by atoms with van der Waals surface area (Å²) in [6.07, 6.45) is 4.31. The molecule has 0 aliphatic carbocycles. The van der Waals surface area contributed by atoms with Gasteiger partial charge in [-0.25, -0.2) is 0 Å². The zero-order chi connectivity index (χ0) is 7.56. The molecule has 1 heterocycles. The fourth-order valence-electron chi connectivity index (χ4n) is 1.10. The fraction of sp³-hybridized carbons (Fsp3) is 0.556. The third-order valence-electron chi connectivity index (χ3n) is 1.47. The van der Waals surface area contributed by atoms with E-state index in [4.69, 9.17) is 0 Å². The van der Waals surface area contributed by atoms with E-state index in [9.17, 15) is 0 Å². The van der Waals surface area contributed by atoms with Gasteiger partial charge in [0.15, 0.2) is 0 Å². The third-order valence-corrected chi connectivity index (χ3v) is 1.47. The van der Waals surface area contributed by atoms with Crippen LogP contribution in [0, 0.1) is 12.8 Å². The van der Waals surface area contributed by atoms with Gasteiger partial charge in [-0.3, -0.25) is 0 Å². The second kappa shape index (κ2) is 2.91. The Balaban J connectivity index is 2.58. The lowest BCUT2D eigenvalue weighted by molar-refractivity contribution is 0.524. The van der Waals surface area contributed by atoms with E-state index in [1.807, 2.05) is 0 Å². The Morgan fingerprint density at radius 2 is 2.20 bits per heavy atom. The van der Waals surface area contributed by atoms with Gasteiger partial charge in [0.2, 0.25) is 0 Å². The minimum Gasteiger partial charge on any atom is -0.354 e. The highest BCUT2D eigenvalue weighted by molar-refractivity contribution is 5.06. The molecule has 0 saturated heterocycles. The molecular weight excluding hydrogens is 122 g/mol. The van der Waals surface area contributed by atoms with Crippen LogP contribution in [0.2, 0.25) is 0 Å². The van der Waals surface area contributed by atoms with Crippen molar-refractivity contribution in [1.82, 2.24) is 4.57 Å². The van der Waals surface area contributed by atoms with Crippen molar-refractivity contribution in [2.45, 2.75) is 27.3 Å². The Labute approximate surface area is 62.7 Å². The van der Waals surface area contributed by atoms with Crippen LogP contribution in [0.4, 0.5) is 0 Å². The molecule has 0 atom stereocenters. The number of hydrogen-bond donors (Lipinski definition) is 0. The highest BCUT2D eigenvalue weighted by Crippen LogP contribution is 2.02. The van der Waals surface area contributed by atoms with E-state index in [0.29, 0.717) is 0 Å². The average Bonchev–Trinajstić information content (AvgIpc) is 2.13. The quantitative estimate of drug-likeness (QED) is 0.590. The zero-order valence-corrected chi connectivity index (χ0v) is 6.96. The zero-order valence-electron chi connectivity index (χ0n) is 6.96. The van der Waals surface area contributed by atoms with E-state index in [1.165, 1.54) is 5.56 Å². The summed E-state index contributed by atoms with van der Waals surface area (Å²) in [4.78, 5) is 0. The van der Waals surface area contributed by atoms with E-state index in [1.54, 1.807) is 0 Å². The smallest absolute Gasteiger partial charge is 0.0242 e. The monoisotopic (exact) mass is 137 g/mol. The van der Waals surface area contributed by atoms with Crippen molar-refractivity contribution in [1.29, 1.82) is 0 Å². The Bertz CT molecular complexity index is 198. The molecule has 1 heteroatoms. The van der Waals surface area contributed by atoms with Gasteiger partial charge < -0.3 is 4.57 Å². The Hall–Kier alpha value is -0.720. The summed E-state index contributed by atoms with van der Waals surface area (Å²) in [5.41, 5.74) is 1.35. The van der Waals surface area contributed by atoms with E-state index in [2.05, 4.69) is 43.8 Å². The highest BCUT2D eigenvalue weighted by Gasteiger charge is 1.94. The lowest BCUT2D eigenvalue weighted by Crippen LogP contribution is -2.00. The Kier molecular flexibility index (Phi) is 2.15. The minimum absolute atomic E-state index is 0.742. The van der Waals surface area contributed by atoms with Gasteiger partial charge in [-0.15, -0.1) is 0 Å². The van der Waals surface area contributed by atoms with Crippen LogP contribution < -0.4 is 0 Å². The molecule has 1 rings (SSSR count). The van der Waals surface area contributed by atoms with E-state index in [-0.39, 0.29) is 0 Å². The number of aryl methyl sites for hydroxylation is 1. The van der Waals surface area contributed by atoms with Crippen LogP contribution in [0.1, 0.15) is 19.4 Å². The molecule has 56 valence electrons. The summed E-state index contributed by atoms with van der Waals surface area (Å²) >= 11 is 0. The molecule has 0 amide bonds. The SMILES string of the molecule is Cc1ccn(CC(C)C)c1. The van der Waals surface area contributed by atoms with Crippen molar-refractivity contribution in [2.75, 3.05) is 0 Å². The highest BCUT2D eigenvalue weighted by atomic mass is 14.9. The molecule has 0 fully saturated rings. The number of rotatable bonds is 2. The molecule has 0 bridgehead atoms. The predicted molar refractivity (Wildman–Crippen MR) is 44.0 cm³/mol. The lowest BCUT2D eigenvalue weighted by atomic mass is 10.2. The second-order valence-electron chi connectivity index (χ2n) is 3.28. The van der Waals surface area contributed by atoms with E-state index >= 15 is 0 Å². The van der Waals surface area contributed by atoms with Crippen LogP contribution in [-0.2, 0) is 6.54 Å². The average molecular weight is 137 g/mol. The van der Waals surface area contributed by atoms with Gasteiger partial charge in [-0.2, -0.15) is 0 Å². The van der Waals surface area contributed by atoms with Gasteiger partial charge in [0.1, 0.15) is 0 Å². The Morgan fingerprint density at radius 3 is 2.60 bits per heavy atom. The summed E-state index contributed by atoms with van der Waals surface area (Å²) in [6, 6.07) is 2.14.